The molecule has 1 fully saturated rings. The Morgan fingerprint density at radius 3 is 2.60 bits per heavy atom. The summed E-state index contributed by atoms with van der Waals surface area (Å²) in [4.78, 5) is 23.0. The fourth-order valence-corrected chi connectivity index (χ4v) is 2.75. The second-order valence-corrected chi connectivity index (χ2v) is 5.45. The maximum Gasteiger partial charge on any atom is 0.337 e. The molecule has 6 heteroatoms. The number of nitrogens with two attached hydrogens (primary N) is 1. The number of nitrogens with one attached hydrogen (secondary N) is 1. The summed E-state index contributed by atoms with van der Waals surface area (Å²) in [6, 6.07) is 4.23. The number of halogens is 1. The quantitative estimate of drug-likeness (QED) is 0.799. The van der Waals surface area contributed by atoms with Gasteiger partial charge in [0, 0.05) is 11.7 Å². The Hall–Kier alpha value is -1.59. The molecule has 0 saturated heterocycles. The molecule has 1 aliphatic carbocycles. The van der Waals surface area contributed by atoms with Crippen LogP contribution in [0.25, 0.3) is 0 Å². The molecule has 2 unspecified atom stereocenters. The van der Waals surface area contributed by atoms with Crippen LogP contribution in [0.1, 0.15) is 36.0 Å². The van der Waals surface area contributed by atoms with E-state index in [2.05, 4.69) is 5.32 Å². The van der Waals surface area contributed by atoms with Crippen LogP contribution in [-0.2, 0) is 4.79 Å². The van der Waals surface area contributed by atoms with Crippen molar-refractivity contribution >= 4 is 29.2 Å². The molecule has 5 nitrogen and oxygen atoms in total. The average Bonchev–Trinajstić information content (AvgIpc) is 2.38. The van der Waals surface area contributed by atoms with Gasteiger partial charge in [-0.05, 0) is 31.0 Å². The van der Waals surface area contributed by atoms with Gasteiger partial charge in [-0.25, -0.2) is 4.79 Å². The minimum absolute atomic E-state index is 0.0130. The third-order valence-electron chi connectivity index (χ3n) is 3.62. The summed E-state index contributed by atoms with van der Waals surface area (Å²) in [5.74, 6) is -1.42. The number of rotatable bonds is 3. The molecule has 0 heterocycles. The number of carbonyl (C=O) groups is 2. The Morgan fingerprint density at radius 2 is 2.00 bits per heavy atom. The standard InChI is InChI=1S/C14H17ClN2O3/c15-11-7-8(5-6-9(11)14(19)20)17-13(18)10-3-1-2-4-12(10)16/h5-7,10,12H,1-4,16H2,(H,17,18)(H,19,20). The summed E-state index contributed by atoms with van der Waals surface area (Å²) >= 11 is 5.87. The van der Waals surface area contributed by atoms with E-state index in [-0.39, 0.29) is 28.5 Å². The zero-order valence-corrected chi connectivity index (χ0v) is 11.7. The van der Waals surface area contributed by atoms with E-state index in [4.69, 9.17) is 22.4 Å². The Bertz CT molecular complexity index is 533. The van der Waals surface area contributed by atoms with Crippen molar-refractivity contribution in [3.05, 3.63) is 28.8 Å². The highest BCUT2D eigenvalue weighted by Gasteiger charge is 2.28. The number of hydrogen-bond donors (Lipinski definition) is 3. The maximum atomic E-state index is 12.2. The lowest BCUT2D eigenvalue weighted by Crippen LogP contribution is -2.40. The van der Waals surface area contributed by atoms with Crippen molar-refractivity contribution in [1.29, 1.82) is 0 Å². The third kappa shape index (κ3) is 3.29. The van der Waals surface area contributed by atoms with Gasteiger partial charge in [-0.15, -0.1) is 0 Å². The summed E-state index contributed by atoms with van der Waals surface area (Å²) in [7, 11) is 0. The van der Waals surface area contributed by atoms with Gasteiger partial charge in [-0.1, -0.05) is 24.4 Å². The van der Waals surface area contributed by atoms with Gasteiger partial charge in [0.25, 0.3) is 0 Å². The molecule has 1 amide bonds. The van der Waals surface area contributed by atoms with E-state index in [0.29, 0.717) is 5.69 Å². The van der Waals surface area contributed by atoms with Gasteiger partial charge < -0.3 is 16.2 Å². The van der Waals surface area contributed by atoms with Crippen LogP contribution < -0.4 is 11.1 Å². The van der Waals surface area contributed by atoms with Crippen LogP contribution in [0.4, 0.5) is 5.69 Å². The van der Waals surface area contributed by atoms with Crippen LogP contribution in [0.2, 0.25) is 5.02 Å². The largest absolute Gasteiger partial charge is 0.478 e. The van der Waals surface area contributed by atoms with Crippen LogP contribution in [0.15, 0.2) is 18.2 Å². The smallest absolute Gasteiger partial charge is 0.337 e. The van der Waals surface area contributed by atoms with E-state index in [1.807, 2.05) is 0 Å². The summed E-state index contributed by atoms with van der Waals surface area (Å²) in [5.41, 5.74) is 6.46. The zero-order chi connectivity index (χ0) is 14.7. The van der Waals surface area contributed by atoms with Crippen molar-refractivity contribution in [2.75, 3.05) is 5.32 Å². The molecular weight excluding hydrogens is 280 g/mol. The summed E-state index contributed by atoms with van der Waals surface area (Å²) in [6.45, 7) is 0. The van der Waals surface area contributed by atoms with Crippen LogP contribution in [0.3, 0.4) is 0 Å². The fourth-order valence-electron chi connectivity index (χ4n) is 2.49. The Kier molecular flexibility index (Phi) is 4.62. The molecule has 0 spiro atoms. The molecule has 1 aromatic carbocycles. The van der Waals surface area contributed by atoms with Crippen LogP contribution >= 0.6 is 11.6 Å². The first kappa shape index (κ1) is 14.8. The van der Waals surface area contributed by atoms with Crippen molar-refractivity contribution in [3.63, 3.8) is 0 Å². The van der Waals surface area contributed by atoms with Crippen LogP contribution in [0.5, 0.6) is 0 Å². The molecule has 2 atom stereocenters. The normalized spacial score (nSPS) is 22.3. The van der Waals surface area contributed by atoms with Crippen molar-refractivity contribution in [3.8, 4) is 0 Å². The van der Waals surface area contributed by atoms with Crippen molar-refractivity contribution in [2.45, 2.75) is 31.7 Å². The highest BCUT2D eigenvalue weighted by molar-refractivity contribution is 6.33. The maximum absolute atomic E-state index is 12.2. The molecule has 4 N–H and O–H groups in total. The molecule has 0 bridgehead atoms. The van der Waals surface area contributed by atoms with Gasteiger partial charge in [0.2, 0.25) is 5.91 Å². The van der Waals surface area contributed by atoms with Gasteiger partial charge in [-0.3, -0.25) is 4.79 Å². The minimum Gasteiger partial charge on any atom is -0.478 e. The summed E-state index contributed by atoms with van der Waals surface area (Å²) < 4.78 is 0. The molecule has 1 aromatic rings. The predicted molar refractivity (Wildman–Crippen MR) is 77.0 cm³/mol. The number of benzene rings is 1. The number of aromatic carboxylic acids is 1. The lowest BCUT2D eigenvalue weighted by atomic mass is 9.84. The van der Waals surface area contributed by atoms with E-state index in [0.717, 1.165) is 25.7 Å². The number of carboxylic acid groups (broad SMARTS) is 1. The number of hydrogen-bond acceptors (Lipinski definition) is 3. The van der Waals surface area contributed by atoms with Crippen molar-refractivity contribution < 1.29 is 14.7 Å². The Labute approximate surface area is 122 Å². The van der Waals surface area contributed by atoms with Gasteiger partial charge in [-0.2, -0.15) is 0 Å². The number of amides is 1. The zero-order valence-electron chi connectivity index (χ0n) is 10.9. The second kappa shape index (κ2) is 6.24. The van der Waals surface area contributed by atoms with E-state index in [1.54, 1.807) is 0 Å². The Balaban J connectivity index is 2.08. The van der Waals surface area contributed by atoms with E-state index in [1.165, 1.54) is 18.2 Å². The third-order valence-corrected chi connectivity index (χ3v) is 3.94. The highest BCUT2D eigenvalue weighted by Crippen LogP contribution is 2.26. The van der Waals surface area contributed by atoms with Crippen LogP contribution in [0, 0.1) is 5.92 Å². The van der Waals surface area contributed by atoms with E-state index in [9.17, 15) is 9.59 Å². The van der Waals surface area contributed by atoms with Crippen LogP contribution in [-0.4, -0.2) is 23.0 Å². The first-order chi connectivity index (χ1) is 9.49. The molecule has 108 valence electrons. The fraction of sp³-hybridized carbons (Fsp3) is 0.429. The lowest BCUT2D eigenvalue weighted by Gasteiger charge is -2.27. The first-order valence-corrected chi connectivity index (χ1v) is 6.96. The molecule has 0 aromatic heterocycles. The summed E-state index contributed by atoms with van der Waals surface area (Å²) in [5, 5.41) is 11.7. The first-order valence-electron chi connectivity index (χ1n) is 6.58. The van der Waals surface area contributed by atoms with E-state index >= 15 is 0 Å². The topological polar surface area (TPSA) is 92.4 Å². The molecule has 0 aliphatic heterocycles. The lowest BCUT2D eigenvalue weighted by molar-refractivity contribution is -0.121. The van der Waals surface area contributed by atoms with Gasteiger partial charge in [0.05, 0.1) is 16.5 Å². The second-order valence-electron chi connectivity index (χ2n) is 5.04. The van der Waals surface area contributed by atoms with Gasteiger partial charge >= 0.3 is 5.97 Å². The van der Waals surface area contributed by atoms with Crippen molar-refractivity contribution in [1.82, 2.24) is 0 Å². The number of carbonyl (C=O) groups excluding carboxylic acids is 1. The molecule has 0 radical (unpaired) electrons. The van der Waals surface area contributed by atoms with Gasteiger partial charge in [0.1, 0.15) is 0 Å². The SMILES string of the molecule is NC1CCCCC1C(=O)Nc1ccc(C(=O)O)c(Cl)c1. The van der Waals surface area contributed by atoms with Crippen molar-refractivity contribution in [2.24, 2.45) is 11.7 Å². The molecule has 20 heavy (non-hydrogen) atoms. The molecule has 2 rings (SSSR count). The predicted octanol–water partition coefficient (Wildman–Crippen LogP) is 2.49. The van der Waals surface area contributed by atoms with Gasteiger partial charge in [0.15, 0.2) is 0 Å². The van der Waals surface area contributed by atoms with E-state index < -0.39 is 5.97 Å². The minimum atomic E-state index is -1.10. The molecular formula is C14H17ClN2O3. The average molecular weight is 297 g/mol. The summed E-state index contributed by atoms with van der Waals surface area (Å²) in [6.07, 6.45) is 3.71. The Morgan fingerprint density at radius 1 is 1.30 bits per heavy atom. The number of anilines is 1. The molecule has 1 aliphatic rings. The number of carboxylic acids is 1. The monoisotopic (exact) mass is 296 g/mol. The highest BCUT2D eigenvalue weighted by atomic mass is 35.5. The molecule has 1 saturated carbocycles.